The Labute approximate surface area is 117 Å². The van der Waals surface area contributed by atoms with Crippen LogP contribution in [-0.2, 0) is 19.0 Å². The Morgan fingerprint density at radius 2 is 2.35 bits per heavy atom. The number of halogens is 1. The summed E-state index contributed by atoms with van der Waals surface area (Å²) in [6, 6.07) is 0. The van der Waals surface area contributed by atoms with E-state index in [4.69, 9.17) is 14.2 Å². The highest BCUT2D eigenvalue weighted by atomic mass is 127. The van der Waals surface area contributed by atoms with Crippen LogP contribution < -0.4 is 0 Å². The monoisotopic (exact) mass is 356 g/mol. The van der Waals surface area contributed by atoms with Crippen molar-refractivity contribution in [1.29, 1.82) is 0 Å². The van der Waals surface area contributed by atoms with Gasteiger partial charge < -0.3 is 14.2 Å². The van der Waals surface area contributed by atoms with Gasteiger partial charge in [0, 0.05) is 0 Å². The fraction of sp³-hybridized carbons (Fsp3) is 0.917. The lowest BCUT2D eigenvalue weighted by Gasteiger charge is -2.37. The molecule has 5 heteroatoms. The highest BCUT2D eigenvalue weighted by Gasteiger charge is 2.33. The molecule has 0 aliphatic carbocycles. The van der Waals surface area contributed by atoms with Crippen LogP contribution in [0.5, 0.6) is 0 Å². The van der Waals surface area contributed by atoms with Crippen molar-refractivity contribution >= 4 is 28.6 Å². The molecule has 1 fully saturated rings. The zero-order valence-corrected chi connectivity index (χ0v) is 12.7. The molecule has 0 spiro atoms. The van der Waals surface area contributed by atoms with Crippen molar-refractivity contribution < 1.29 is 19.0 Å². The molecule has 2 unspecified atom stereocenters. The van der Waals surface area contributed by atoms with Crippen LogP contribution in [0.15, 0.2) is 0 Å². The van der Waals surface area contributed by atoms with E-state index in [0.29, 0.717) is 19.8 Å². The van der Waals surface area contributed by atoms with Crippen LogP contribution in [0.25, 0.3) is 0 Å². The quantitative estimate of drug-likeness (QED) is 0.416. The first-order valence-electron chi connectivity index (χ1n) is 6.07. The molecule has 0 bridgehead atoms. The van der Waals surface area contributed by atoms with Gasteiger partial charge in [-0.25, -0.2) is 0 Å². The van der Waals surface area contributed by atoms with Crippen LogP contribution >= 0.6 is 22.6 Å². The van der Waals surface area contributed by atoms with Gasteiger partial charge in [-0.1, -0.05) is 22.6 Å². The van der Waals surface area contributed by atoms with Gasteiger partial charge in [0.15, 0.2) is 0 Å². The van der Waals surface area contributed by atoms with Crippen molar-refractivity contribution in [1.82, 2.24) is 0 Å². The minimum atomic E-state index is -0.211. The molecule has 17 heavy (non-hydrogen) atoms. The molecule has 1 aliphatic heterocycles. The molecular formula is C12H21IO4. The van der Waals surface area contributed by atoms with E-state index in [-0.39, 0.29) is 24.1 Å². The molecule has 0 saturated carbocycles. The summed E-state index contributed by atoms with van der Waals surface area (Å²) in [5.41, 5.74) is -0.184. The summed E-state index contributed by atoms with van der Waals surface area (Å²) in [6.07, 6.45) is 2.27. The lowest BCUT2D eigenvalue weighted by Crippen LogP contribution is -2.45. The third-order valence-corrected chi connectivity index (χ3v) is 3.54. The Bertz CT molecular complexity index is 237. The Morgan fingerprint density at radius 1 is 1.59 bits per heavy atom. The average Bonchev–Trinajstić information content (AvgIpc) is 2.30. The second kappa shape index (κ2) is 7.53. The van der Waals surface area contributed by atoms with Crippen LogP contribution in [0.2, 0.25) is 0 Å². The van der Waals surface area contributed by atoms with Gasteiger partial charge in [-0.05, 0) is 31.1 Å². The number of alkyl halides is 1. The number of carbonyl (C=O) groups excluding carboxylic acids is 1. The highest BCUT2D eigenvalue weighted by Crippen LogP contribution is 2.25. The molecule has 0 aromatic heterocycles. The summed E-state index contributed by atoms with van der Waals surface area (Å²) in [7, 11) is 0. The highest BCUT2D eigenvalue weighted by molar-refractivity contribution is 14.1. The van der Waals surface area contributed by atoms with E-state index in [9.17, 15) is 4.79 Å². The molecule has 0 aromatic carbocycles. The third kappa shape index (κ3) is 5.52. The van der Waals surface area contributed by atoms with Gasteiger partial charge in [0.1, 0.15) is 0 Å². The van der Waals surface area contributed by atoms with E-state index in [1.807, 2.05) is 0 Å². The molecule has 0 aromatic rings. The fourth-order valence-corrected chi connectivity index (χ4v) is 2.17. The van der Waals surface area contributed by atoms with Crippen molar-refractivity contribution in [3.05, 3.63) is 0 Å². The molecule has 1 heterocycles. The minimum Gasteiger partial charge on any atom is -0.466 e. The van der Waals surface area contributed by atoms with E-state index in [1.54, 1.807) is 6.92 Å². The van der Waals surface area contributed by atoms with Crippen LogP contribution in [0.1, 0.15) is 33.1 Å². The Kier molecular flexibility index (Phi) is 6.72. The van der Waals surface area contributed by atoms with Crippen molar-refractivity contribution in [3.8, 4) is 0 Å². The molecule has 1 rings (SSSR count). The number of carbonyl (C=O) groups is 1. The molecule has 100 valence electrons. The maximum atomic E-state index is 11.3. The SMILES string of the molecule is CCOC(=O)CC1COC(C)(CCCI)CO1. The van der Waals surface area contributed by atoms with E-state index in [1.165, 1.54) is 0 Å². The first-order valence-corrected chi connectivity index (χ1v) is 7.59. The van der Waals surface area contributed by atoms with Crippen LogP contribution in [0, 0.1) is 0 Å². The minimum absolute atomic E-state index is 0.151. The van der Waals surface area contributed by atoms with E-state index in [0.717, 1.165) is 17.3 Å². The molecule has 1 saturated heterocycles. The zero-order valence-electron chi connectivity index (χ0n) is 10.5. The van der Waals surface area contributed by atoms with Crippen molar-refractivity contribution in [3.63, 3.8) is 0 Å². The summed E-state index contributed by atoms with van der Waals surface area (Å²) in [6.45, 7) is 5.33. The van der Waals surface area contributed by atoms with Gasteiger partial charge in [0.25, 0.3) is 0 Å². The van der Waals surface area contributed by atoms with Gasteiger partial charge >= 0.3 is 5.97 Å². The van der Waals surface area contributed by atoms with Crippen LogP contribution in [0.4, 0.5) is 0 Å². The van der Waals surface area contributed by atoms with Gasteiger partial charge in [-0.3, -0.25) is 4.79 Å². The van der Waals surface area contributed by atoms with Gasteiger partial charge in [0.05, 0.1) is 37.9 Å². The lowest BCUT2D eigenvalue weighted by molar-refractivity contribution is -0.191. The normalized spacial score (nSPS) is 29.0. The summed E-state index contributed by atoms with van der Waals surface area (Å²) in [5.74, 6) is -0.211. The maximum absolute atomic E-state index is 11.3. The largest absolute Gasteiger partial charge is 0.466 e. The zero-order chi connectivity index (χ0) is 12.7. The summed E-state index contributed by atoms with van der Waals surface area (Å²) >= 11 is 2.36. The van der Waals surface area contributed by atoms with Gasteiger partial charge in [-0.15, -0.1) is 0 Å². The lowest BCUT2D eigenvalue weighted by atomic mass is 10.00. The number of hydrogen-bond acceptors (Lipinski definition) is 4. The standard InChI is InChI=1S/C12H21IO4/c1-3-15-11(14)7-10-8-17-12(2,9-16-10)5-4-6-13/h10H,3-9H2,1-2H3. The fourth-order valence-electron chi connectivity index (χ4n) is 1.79. The van der Waals surface area contributed by atoms with E-state index < -0.39 is 0 Å². The molecule has 1 aliphatic rings. The van der Waals surface area contributed by atoms with Crippen molar-refractivity contribution in [2.45, 2.75) is 44.8 Å². The predicted octanol–water partition coefficient (Wildman–Crippen LogP) is 2.33. The maximum Gasteiger partial charge on any atom is 0.308 e. The number of hydrogen-bond donors (Lipinski definition) is 0. The molecule has 4 nitrogen and oxygen atoms in total. The van der Waals surface area contributed by atoms with Crippen molar-refractivity contribution in [2.75, 3.05) is 24.2 Å². The number of ether oxygens (including phenoxy) is 3. The molecule has 0 N–H and O–H groups in total. The summed E-state index contributed by atoms with van der Waals surface area (Å²) in [4.78, 5) is 11.3. The van der Waals surface area contributed by atoms with Crippen LogP contribution in [0.3, 0.4) is 0 Å². The Hall–Kier alpha value is 0.120. The third-order valence-electron chi connectivity index (χ3n) is 2.78. The summed E-state index contributed by atoms with van der Waals surface area (Å²) < 4.78 is 17.5. The second-order valence-corrected chi connectivity index (χ2v) is 5.57. The van der Waals surface area contributed by atoms with Gasteiger partial charge in [0.2, 0.25) is 0 Å². The second-order valence-electron chi connectivity index (χ2n) is 4.50. The summed E-state index contributed by atoms with van der Waals surface area (Å²) in [5, 5.41) is 0. The Morgan fingerprint density at radius 3 is 2.88 bits per heavy atom. The smallest absolute Gasteiger partial charge is 0.308 e. The van der Waals surface area contributed by atoms with Crippen LogP contribution in [-0.4, -0.2) is 41.9 Å². The molecule has 2 atom stereocenters. The van der Waals surface area contributed by atoms with E-state index in [2.05, 4.69) is 29.5 Å². The molecule has 0 amide bonds. The molecular weight excluding hydrogens is 335 g/mol. The van der Waals surface area contributed by atoms with E-state index >= 15 is 0 Å². The first kappa shape index (κ1) is 15.2. The predicted molar refractivity (Wildman–Crippen MR) is 73.5 cm³/mol. The topological polar surface area (TPSA) is 44.8 Å². The molecule has 0 radical (unpaired) electrons. The number of rotatable bonds is 6. The number of esters is 1. The van der Waals surface area contributed by atoms with Gasteiger partial charge in [-0.2, -0.15) is 0 Å². The van der Waals surface area contributed by atoms with Crippen molar-refractivity contribution in [2.24, 2.45) is 0 Å². The Balaban J connectivity index is 2.27. The average molecular weight is 356 g/mol. The first-order chi connectivity index (χ1) is 8.09.